The zero-order valence-corrected chi connectivity index (χ0v) is 19.7. The molecule has 0 aliphatic carbocycles. The lowest BCUT2D eigenvalue weighted by atomic mass is 10.1. The molecule has 0 heterocycles. The summed E-state index contributed by atoms with van der Waals surface area (Å²) in [4.78, 5) is 24.0. The SMILES string of the molecule is Cc1cccc(COc2c(Br)cc(/C=C(/NC(=O)c3ccccc3)C(=O)O)cc2Br)c1. The van der Waals surface area contributed by atoms with Crippen molar-refractivity contribution in [2.24, 2.45) is 0 Å². The van der Waals surface area contributed by atoms with Gasteiger partial charge in [0.25, 0.3) is 5.91 Å². The van der Waals surface area contributed by atoms with Crippen molar-refractivity contribution < 1.29 is 19.4 Å². The zero-order valence-electron chi connectivity index (χ0n) is 16.6. The Hall–Kier alpha value is -2.90. The van der Waals surface area contributed by atoms with Crippen molar-refractivity contribution in [2.75, 3.05) is 0 Å². The van der Waals surface area contributed by atoms with E-state index in [1.165, 1.54) is 6.08 Å². The highest BCUT2D eigenvalue weighted by atomic mass is 79.9. The zero-order chi connectivity index (χ0) is 22.4. The van der Waals surface area contributed by atoms with Crippen molar-refractivity contribution in [3.8, 4) is 5.75 Å². The normalized spacial score (nSPS) is 11.1. The van der Waals surface area contributed by atoms with Crippen molar-refractivity contribution in [1.82, 2.24) is 5.32 Å². The van der Waals surface area contributed by atoms with Crippen LogP contribution in [0.5, 0.6) is 5.75 Å². The molecule has 0 saturated carbocycles. The molecule has 0 saturated heterocycles. The highest BCUT2D eigenvalue weighted by molar-refractivity contribution is 9.11. The molecule has 3 rings (SSSR count). The Labute approximate surface area is 197 Å². The van der Waals surface area contributed by atoms with Gasteiger partial charge in [-0.1, -0.05) is 48.0 Å². The second kappa shape index (κ2) is 10.4. The molecule has 1 amide bonds. The smallest absolute Gasteiger partial charge is 0.352 e. The summed E-state index contributed by atoms with van der Waals surface area (Å²) in [6.07, 6.45) is 1.39. The summed E-state index contributed by atoms with van der Waals surface area (Å²) in [6.45, 7) is 2.41. The number of hydrogen-bond acceptors (Lipinski definition) is 3. The first kappa shape index (κ1) is 22.8. The fourth-order valence-electron chi connectivity index (χ4n) is 2.86. The van der Waals surface area contributed by atoms with Gasteiger partial charge in [0.15, 0.2) is 0 Å². The fraction of sp³-hybridized carbons (Fsp3) is 0.0833. The van der Waals surface area contributed by atoms with Crippen molar-refractivity contribution in [3.63, 3.8) is 0 Å². The Kier molecular flexibility index (Phi) is 7.65. The molecule has 0 spiro atoms. The maximum Gasteiger partial charge on any atom is 0.352 e. The Morgan fingerprint density at radius 1 is 1.00 bits per heavy atom. The van der Waals surface area contributed by atoms with E-state index < -0.39 is 11.9 Å². The molecule has 3 aromatic rings. The van der Waals surface area contributed by atoms with Gasteiger partial charge in [0.2, 0.25) is 0 Å². The minimum Gasteiger partial charge on any atom is -0.487 e. The number of aliphatic carboxylic acids is 1. The van der Waals surface area contributed by atoms with Crippen LogP contribution in [0.2, 0.25) is 0 Å². The van der Waals surface area contributed by atoms with E-state index in [9.17, 15) is 14.7 Å². The van der Waals surface area contributed by atoms with Crippen molar-refractivity contribution in [1.29, 1.82) is 0 Å². The summed E-state index contributed by atoms with van der Waals surface area (Å²) < 4.78 is 7.24. The van der Waals surface area contributed by atoms with E-state index >= 15 is 0 Å². The number of benzene rings is 3. The Morgan fingerprint density at radius 2 is 1.68 bits per heavy atom. The van der Waals surface area contributed by atoms with Gasteiger partial charge in [0.1, 0.15) is 18.1 Å². The molecule has 3 aromatic carbocycles. The third-order valence-corrected chi connectivity index (χ3v) is 5.49. The summed E-state index contributed by atoms with van der Waals surface area (Å²) in [5.41, 5.74) is 2.91. The van der Waals surface area contributed by atoms with E-state index in [1.54, 1.807) is 42.5 Å². The van der Waals surface area contributed by atoms with Crippen LogP contribution in [0.3, 0.4) is 0 Å². The minimum absolute atomic E-state index is 0.235. The number of carbonyl (C=O) groups is 2. The molecule has 5 nitrogen and oxygen atoms in total. The van der Waals surface area contributed by atoms with Gasteiger partial charge in [-0.2, -0.15) is 0 Å². The molecule has 0 aliphatic rings. The number of rotatable bonds is 7. The van der Waals surface area contributed by atoms with Crippen LogP contribution >= 0.6 is 31.9 Å². The molecule has 0 aliphatic heterocycles. The number of carboxylic acid groups (broad SMARTS) is 1. The van der Waals surface area contributed by atoms with Gasteiger partial charge in [-0.3, -0.25) is 4.79 Å². The fourth-order valence-corrected chi connectivity index (χ4v) is 4.31. The van der Waals surface area contributed by atoms with Gasteiger partial charge in [0, 0.05) is 5.56 Å². The van der Waals surface area contributed by atoms with E-state index in [1.807, 2.05) is 31.2 Å². The Morgan fingerprint density at radius 3 is 2.29 bits per heavy atom. The topological polar surface area (TPSA) is 75.6 Å². The monoisotopic (exact) mass is 543 g/mol. The molecular weight excluding hydrogens is 526 g/mol. The average Bonchev–Trinajstić information content (AvgIpc) is 2.73. The standard InChI is InChI=1S/C24H19Br2NO4/c1-15-6-5-7-16(10-15)14-31-22-19(25)11-17(12-20(22)26)13-21(24(29)30)27-23(28)18-8-3-2-4-9-18/h2-13H,14H2,1H3,(H,27,28)(H,29,30)/b21-13+. The number of ether oxygens (including phenoxy) is 1. The molecule has 7 heteroatoms. The van der Waals surface area contributed by atoms with Crippen LogP contribution in [0.4, 0.5) is 0 Å². The predicted octanol–water partition coefficient (Wildman–Crippen LogP) is 5.95. The lowest BCUT2D eigenvalue weighted by Gasteiger charge is -2.12. The highest BCUT2D eigenvalue weighted by Crippen LogP contribution is 2.36. The van der Waals surface area contributed by atoms with Crippen LogP contribution in [0.15, 0.2) is 81.4 Å². The summed E-state index contributed by atoms with van der Waals surface area (Å²) in [5, 5.41) is 12.0. The van der Waals surface area contributed by atoms with Crippen LogP contribution in [0.1, 0.15) is 27.0 Å². The lowest BCUT2D eigenvalue weighted by Crippen LogP contribution is -2.27. The molecular formula is C24H19Br2NO4. The maximum atomic E-state index is 12.3. The van der Waals surface area contributed by atoms with Gasteiger partial charge in [-0.25, -0.2) is 4.79 Å². The largest absolute Gasteiger partial charge is 0.487 e. The third kappa shape index (κ3) is 6.29. The van der Waals surface area contributed by atoms with Gasteiger partial charge in [0.05, 0.1) is 8.95 Å². The summed E-state index contributed by atoms with van der Waals surface area (Å²) in [7, 11) is 0. The van der Waals surface area contributed by atoms with Gasteiger partial charge in [-0.05, 0) is 80.3 Å². The number of nitrogens with one attached hydrogen (secondary N) is 1. The second-order valence-electron chi connectivity index (χ2n) is 6.77. The molecule has 0 fully saturated rings. The van der Waals surface area contributed by atoms with Crippen molar-refractivity contribution in [2.45, 2.75) is 13.5 Å². The first-order chi connectivity index (χ1) is 14.8. The van der Waals surface area contributed by atoms with E-state index in [0.29, 0.717) is 32.4 Å². The number of amides is 1. The molecule has 158 valence electrons. The maximum absolute atomic E-state index is 12.3. The minimum atomic E-state index is -1.24. The van der Waals surface area contributed by atoms with Crippen LogP contribution in [0.25, 0.3) is 6.08 Å². The van der Waals surface area contributed by atoms with E-state index in [4.69, 9.17) is 4.74 Å². The molecule has 2 N–H and O–H groups in total. The number of carbonyl (C=O) groups excluding carboxylic acids is 1. The summed E-state index contributed by atoms with van der Waals surface area (Å²) in [6, 6.07) is 19.9. The average molecular weight is 545 g/mol. The number of carboxylic acids is 1. The molecule has 0 aromatic heterocycles. The Bertz CT molecular complexity index is 1120. The van der Waals surface area contributed by atoms with Crippen LogP contribution in [0, 0.1) is 6.92 Å². The van der Waals surface area contributed by atoms with Crippen LogP contribution in [-0.4, -0.2) is 17.0 Å². The molecule has 0 unspecified atom stereocenters. The Balaban J connectivity index is 1.80. The van der Waals surface area contributed by atoms with Crippen molar-refractivity contribution >= 4 is 49.8 Å². The third-order valence-electron chi connectivity index (χ3n) is 4.31. The number of halogens is 2. The van der Waals surface area contributed by atoms with Crippen LogP contribution < -0.4 is 10.1 Å². The first-order valence-corrected chi connectivity index (χ1v) is 10.9. The van der Waals surface area contributed by atoms with Crippen molar-refractivity contribution in [3.05, 3.63) is 104 Å². The lowest BCUT2D eigenvalue weighted by molar-refractivity contribution is -0.132. The summed E-state index contributed by atoms with van der Waals surface area (Å²) in [5.74, 6) is -1.13. The van der Waals surface area contributed by atoms with Gasteiger partial charge >= 0.3 is 5.97 Å². The quantitative estimate of drug-likeness (QED) is 0.360. The highest BCUT2D eigenvalue weighted by Gasteiger charge is 2.15. The molecule has 31 heavy (non-hydrogen) atoms. The first-order valence-electron chi connectivity index (χ1n) is 9.32. The van der Waals surface area contributed by atoms with Crippen LogP contribution in [-0.2, 0) is 11.4 Å². The van der Waals surface area contributed by atoms with E-state index in [-0.39, 0.29) is 5.70 Å². The van der Waals surface area contributed by atoms with E-state index in [2.05, 4.69) is 37.2 Å². The van der Waals surface area contributed by atoms with Gasteiger partial charge in [-0.15, -0.1) is 0 Å². The molecule has 0 atom stereocenters. The van der Waals surface area contributed by atoms with Gasteiger partial charge < -0.3 is 15.2 Å². The molecule has 0 radical (unpaired) electrons. The summed E-state index contributed by atoms with van der Waals surface area (Å²) >= 11 is 6.96. The predicted molar refractivity (Wildman–Crippen MR) is 127 cm³/mol. The van der Waals surface area contributed by atoms with E-state index in [0.717, 1.165) is 11.1 Å². The second-order valence-corrected chi connectivity index (χ2v) is 8.48. The number of hydrogen-bond donors (Lipinski definition) is 2. The number of aryl methyl sites for hydroxylation is 1. The molecule has 0 bridgehead atoms.